The zero-order valence-corrected chi connectivity index (χ0v) is 22.3. The highest BCUT2D eigenvalue weighted by atomic mass is 32.2. The molecule has 1 amide bonds. The van der Waals surface area contributed by atoms with Gasteiger partial charge in [0.2, 0.25) is 5.91 Å². The smallest absolute Gasteiger partial charge is 0.475 e. The number of nitrogens with two attached hydrogens (primary N) is 2. The second-order valence-electron chi connectivity index (χ2n) is 8.61. The molecule has 15 nitrogen and oxygen atoms in total. The molecule has 0 radical (unpaired) electrons. The summed E-state index contributed by atoms with van der Waals surface area (Å²) in [5, 5.41) is 20.5. The van der Waals surface area contributed by atoms with Gasteiger partial charge in [-0.1, -0.05) is 29.4 Å². The molecule has 1 saturated heterocycles. The van der Waals surface area contributed by atoms with E-state index in [0.717, 1.165) is 5.56 Å². The van der Waals surface area contributed by atoms with Crippen LogP contribution in [0, 0.1) is 19.3 Å². The van der Waals surface area contributed by atoms with Crippen LogP contribution in [0.4, 0.5) is 13.2 Å². The highest BCUT2D eigenvalue weighted by molar-refractivity contribution is 7.87. The Kier molecular flexibility index (Phi) is 10.9. The highest BCUT2D eigenvalue weighted by Crippen LogP contribution is 2.27. The topological polar surface area (TPSA) is 250 Å². The number of nitrogens with one attached hydrogen (secondary N) is 3. The fourth-order valence-electron chi connectivity index (χ4n) is 3.39. The molecular formula is C22H27F3N6O9S. The van der Waals surface area contributed by atoms with E-state index in [1.807, 2.05) is 12.1 Å². The van der Waals surface area contributed by atoms with Crippen LogP contribution in [0.15, 0.2) is 33.7 Å². The van der Waals surface area contributed by atoms with E-state index < -0.39 is 46.3 Å². The maximum Gasteiger partial charge on any atom is 0.490 e. The van der Waals surface area contributed by atoms with E-state index >= 15 is 0 Å². The molecule has 0 aliphatic carbocycles. The van der Waals surface area contributed by atoms with Crippen molar-refractivity contribution in [3.8, 4) is 0 Å². The van der Waals surface area contributed by atoms with Crippen LogP contribution in [-0.4, -0.2) is 67.2 Å². The minimum Gasteiger partial charge on any atom is -0.475 e. The van der Waals surface area contributed by atoms with Crippen LogP contribution in [0.25, 0.3) is 0 Å². The number of amides is 1. The van der Waals surface area contributed by atoms with Crippen molar-refractivity contribution >= 4 is 33.8 Å². The van der Waals surface area contributed by atoms with Gasteiger partial charge in [0.15, 0.2) is 10.7 Å². The van der Waals surface area contributed by atoms with Crippen molar-refractivity contribution in [3.05, 3.63) is 46.8 Å². The van der Waals surface area contributed by atoms with Gasteiger partial charge < -0.3 is 30.6 Å². The van der Waals surface area contributed by atoms with E-state index in [1.165, 1.54) is 13.8 Å². The standard InChI is InChI=1S/C20H26N6O7S.C2HF3O2/c1-10-18(11(2)31-25-10)34(29,30)33-20(28)15(21)9-24-17(27)8-14-7-16(26-32-14)12-3-5-13(6-4-12)19(22)23;3-2(4,5)1(6)7/h3-6,14-16,26H,7-9,21H2,1-2H3,(H3,22,23)(H,24,27);(H,6,7)/t14-,15?,16+;/m1./s1. The molecule has 2 aromatic rings. The molecule has 2 heterocycles. The number of carboxylic acids is 1. The van der Waals surface area contributed by atoms with Crippen LogP contribution < -0.4 is 22.3 Å². The number of nitrogens with zero attached hydrogens (tertiary/aromatic N) is 1. The third-order valence-corrected chi connectivity index (χ3v) is 6.85. The van der Waals surface area contributed by atoms with Gasteiger partial charge in [0, 0.05) is 12.1 Å². The minimum atomic E-state index is -5.08. The molecule has 8 N–H and O–H groups in total. The number of benzene rings is 1. The number of carbonyl (C=O) groups is 3. The number of carbonyl (C=O) groups excluding carboxylic acids is 2. The van der Waals surface area contributed by atoms with Crippen LogP contribution in [-0.2, 0) is 33.5 Å². The number of hydrogen-bond acceptors (Lipinski definition) is 12. The normalized spacial score (nSPS) is 17.6. The van der Waals surface area contributed by atoms with Gasteiger partial charge in [-0.25, -0.2) is 9.59 Å². The zero-order chi connectivity index (χ0) is 31.1. The molecule has 1 aromatic carbocycles. The largest absolute Gasteiger partial charge is 0.490 e. The van der Waals surface area contributed by atoms with Crippen molar-refractivity contribution in [3.63, 3.8) is 0 Å². The van der Waals surface area contributed by atoms with Crippen molar-refractivity contribution in [1.29, 1.82) is 5.41 Å². The molecule has 1 aromatic heterocycles. The maximum atomic E-state index is 12.3. The molecule has 0 bridgehead atoms. The number of nitrogen functional groups attached to an aromatic ring is 1. The number of alkyl halides is 3. The van der Waals surface area contributed by atoms with Gasteiger partial charge in [-0.3, -0.25) is 15.0 Å². The predicted molar refractivity (Wildman–Crippen MR) is 131 cm³/mol. The summed E-state index contributed by atoms with van der Waals surface area (Å²) in [6, 6.07) is 5.54. The van der Waals surface area contributed by atoms with Crippen LogP contribution in [0.1, 0.15) is 41.5 Å². The molecular weight excluding hydrogens is 581 g/mol. The van der Waals surface area contributed by atoms with E-state index in [4.69, 9.17) is 36.1 Å². The Balaban J connectivity index is 0.000000745. The first-order chi connectivity index (χ1) is 18.9. The summed E-state index contributed by atoms with van der Waals surface area (Å²) in [6.45, 7) is 2.43. The SMILES string of the molecule is Cc1noc(C)c1S(=O)(=O)OC(=O)C(N)CNC(=O)C[C@H]1C[C@@H](c2ccc(C(=N)N)cc2)NO1.O=C(O)C(F)(F)F. The second-order valence-corrected chi connectivity index (χ2v) is 10.1. The molecule has 1 unspecified atom stereocenters. The van der Waals surface area contributed by atoms with Crippen LogP contribution in [0.2, 0.25) is 0 Å². The third-order valence-electron chi connectivity index (χ3n) is 5.39. The first kappa shape index (κ1) is 33.1. The second kappa shape index (κ2) is 13.5. The van der Waals surface area contributed by atoms with E-state index in [9.17, 15) is 31.2 Å². The number of aromatic nitrogens is 1. The Hall–Kier alpha value is -4.07. The predicted octanol–water partition coefficient (Wildman–Crippen LogP) is 0.309. The van der Waals surface area contributed by atoms with Gasteiger partial charge in [0.05, 0.1) is 18.6 Å². The number of halogens is 3. The molecule has 1 fully saturated rings. The Morgan fingerprint density at radius 1 is 1.27 bits per heavy atom. The number of rotatable bonds is 9. The summed E-state index contributed by atoms with van der Waals surface area (Å²) in [4.78, 5) is 38.4. The molecule has 1 aliphatic heterocycles. The van der Waals surface area contributed by atoms with Gasteiger partial charge in [-0.15, -0.1) is 0 Å². The van der Waals surface area contributed by atoms with Crippen LogP contribution in [0.5, 0.6) is 0 Å². The Bertz CT molecular complexity index is 1360. The van der Waals surface area contributed by atoms with Crippen molar-refractivity contribution in [2.75, 3.05) is 6.54 Å². The van der Waals surface area contributed by atoms with Crippen molar-refractivity contribution in [2.45, 2.75) is 55.9 Å². The zero-order valence-electron chi connectivity index (χ0n) is 21.5. The summed E-state index contributed by atoms with van der Waals surface area (Å²) < 4.78 is 65.7. The third kappa shape index (κ3) is 9.52. The molecule has 1 aliphatic rings. The van der Waals surface area contributed by atoms with Crippen LogP contribution >= 0.6 is 0 Å². The molecule has 0 spiro atoms. The summed E-state index contributed by atoms with van der Waals surface area (Å²) >= 11 is 0. The van der Waals surface area contributed by atoms with Gasteiger partial charge in [-0.05, 0) is 25.8 Å². The maximum absolute atomic E-state index is 12.3. The number of amidine groups is 1. The van der Waals surface area contributed by atoms with Crippen molar-refractivity contribution < 1.29 is 54.6 Å². The van der Waals surface area contributed by atoms with E-state index in [1.54, 1.807) is 12.1 Å². The lowest BCUT2D eigenvalue weighted by Gasteiger charge is -2.13. The lowest BCUT2D eigenvalue weighted by Crippen LogP contribution is -2.44. The van der Waals surface area contributed by atoms with Gasteiger partial charge in [0.25, 0.3) is 0 Å². The molecule has 0 saturated carbocycles. The van der Waals surface area contributed by atoms with Gasteiger partial charge in [0.1, 0.15) is 17.6 Å². The fraction of sp³-hybridized carbons (Fsp3) is 0.409. The Labute approximate surface area is 230 Å². The molecule has 226 valence electrons. The Morgan fingerprint density at radius 2 is 1.85 bits per heavy atom. The highest BCUT2D eigenvalue weighted by Gasteiger charge is 2.38. The first-order valence-electron chi connectivity index (χ1n) is 11.5. The van der Waals surface area contributed by atoms with E-state index in [2.05, 4.69) is 20.1 Å². The lowest BCUT2D eigenvalue weighted by atomic mass is 9.99. The Morgan fingerprint density at radius 3 is 2.34 bits per heavy atom. The fourth-order valence-corrected chi connectivity index (χ4v) is 4.60. The lowest BCUT2D eigenvalue weighted by molar-refractivity contribution is -0.192. The van der Waals surface area contributed by atoms with Crippen molar-refractivity contribution in [1.82, 2.24) is 16.0 Å². The van der Waals surface area contributed by atoms with E-state index in [-0.39, 0.29) is 41.2 Å². The molecule has 3 atom stereocenters. The summed E-state index contributed by atoms with van der Waals surface area (Å²) in [5.74, 6) is -4.47. The number of carboxylic acid groups (broad SMARTS) is 1. The average Bonchev–Trinajstić information content (AvgIpc) is 3.48. The van der Waals surface area contributed by atoms with Crippen molar-refractivity contribution in [2.24, 2.45) is 11.5 Å². The molecule has 19 heteroatoms. The molecule has 3 rings (SSSR count). The minimum absolute atomic E-state index is 0.00578. The number of aryl methyl sites for hydroxylation is 2. The number of aliphatic carboxylic acids is 1. The van der Waals surface area contributed by atoms with Crippen LogP contribution in [0.3, 0.4) is 0 Å². The van der Waals surface area contributed by atoms with Gasteiger partial charge in [-0.2, -0.15) is 27.1 Å². The van der Waals surface area contributed by atoms with E-state index in [0.29, 0.717) is 12.0 Å². The first-order valence-corrected chi connectivity index (χ1v) is 12.9. The molecule has 41 heavy (non-hydrogen) atoms. The summed E-state index contributed by atoms with van der Waals surface area (Å²) in [5.41, 5.74) is 15.6. The van der Waals surface area contributed by atoms with Gasteiger partial charge >= 0.3 is 28.2 Å². The summed E-state index contributed by atoms with van der Waals surface area (Å²) in [7, 11) is -4.47. The average molecular weight is 609 g/mol. The number of hydroxylamine groups is 1. The quantitative estimate of drug-likeness (QED) is 0.128. The monoisotopic (exact) mass is 608 g/mol. The number of hydrogen-bond donors (Lipinski definition) is 6. The summed E-state index contributed by atoms with van der Waals surface area (Å²) in [6.07, 6.45) is -5.01.